The number of aromatic carboxylic acids is 1. The van der Waals surface area contributed by atoms with Gasteiger partial charge >= 0.3 is 12.1 Å². The van der Waals surface area contributed by atoms with Crippen molar-refractivity contribution in [1.29, 1.82) is 0 Å². The summed E-state index contributed by atoms with van der Waals surface area (Å²) >= 11 is 0. The molecule has 1 heterocycles. The summed E-state index contributed by atoms with van der Waals surface area (Å²) < 4.78 is 9.87. The number of hydrogen-bond acceptors (Lipinski definition) is 5. The van der Waals surface area contributed by atoms with Gasteiger partial charge in [-0.2, -0.15) is 0 Å². The molecule has 2 amide bonds. The van der Waals surface area contributed by atoms with Crippen LogP contribution in [0.5, 0.6) is 0 Å². The number of furan rings is 1. The summed E-state index contributed by atoms with van der Waals surface area (Å²) in [5, 5.41) is 13.5. The number of carboxylic acid groups (broad SMARTS) is 1. The van der Waals surface area contributed by atoms with Gasteiger partial charge < -0.3 is 19.6 Å². The van der Waals surface area contributed by atoms with Crippen LogP contribution in [0.15, 0.2) is 16.5 Å². The van der Waals surface area contributed by atoms with Gasteiger partial charge in [0.05, 0.1) is 0 Å². The largest absolute Gasteiger partial charge is 0.475 e. The summed E-state index contributed by atoms with van der Waals surface area (Å²) in [5.41, 5.74) is -0.603. The van der Waals surface area contributed by atoms with Gasteiger partial charge in [0, 0.05) is 19.0 Å². The molecule has 0 aliphatic heterocycles. The van der Waals surface area contributed by atoms with Gasteiger partial charge in [0.25, 0.3) is 0 Å². The number of anilines is 1. The van der Waals surface area contributed by atoms with Crippen molar-refractivity contribution in [2.45, 2.75) is 32.8 Å². The highest BCUT2D eigenvalue weighted by Crippen LogP contribution is 2.13. The zero-order valence-corrected chi connectivity index (χ0v) is 12.1. The van der Waals surface area contributed by atoms with Crippen LogP contribution in [0.3, 0.4) is 0 Å². The van der Waals surface area contributed by atoms with E-state index in [2.05, 4.69) is 10.6 Å². The van der Waals surface area contributed by atoms with Crippen molar-refractivity contribution >= 4 is 23.9 Å². The average molecular weight is 298 g/mol. The zero-order valence-electron chi connectivity index (χ0n) is 12.1. The molecule has 0 saturated carbocycles. The maximum absolute atomic E-state index is 11.5. The zero-order chi connectivity index (χ0) is 16.0. The summed E-state index contributed by atoms with van der Waals surface area (Å²) in [4.78, 5) is 33.5. The second kappa shape index (κ2) is 6.78. The third-order valence-electron chi connectivity index (χ3n) is 2.10. The Hall–Kier alpha value is -2.51. The Kier molecular flexibility index (Phi) is 5.34. The van der Waals surface area contributed by atoms with Crippen molar-refractivity contribution in [3.05, 3.63) is 17.9 Å². The molecule has 0 spiro atoms. The second-order valence-corrected chi connectivity index (χ2v) is 5.20. The van der Waals surface area contributed by atoms with E-state index in [-0.39, 0.29) is 24.6 Å². The molecule has 3 N–H and O–H groups in total. The van der Waals surface area contributed by atoms with E-state index in [1.165, 1.54) is 12.1 Å². The molecule has 0 fully saturated rings. The van der Waals surface area contributed by atoms with E-state index in [9.17, 15) is 14.4 Å². The van der Waals surface area contributed by atoms with Gasteiger partial charge in [-0.05, 0) is 26.8 Å². The predicted molar refractivity (Wildman–Crippen MR) is 73.2 cm³/mol. The number of carbonyl (C=O) groups is 3. The summed E-state index contributed by atoms with van der Waals surface area (Å²) in [6.07, 6.45) is -0.607. The third-order valence-corrected chi connectivity index (χ3v) is 2.10. The van der Waals surface area contributed by atoms with E-state index in [1.807, 2.05) is 0 Å². The first-order chi connectivity index (χ1) is 9.67. The molecule has 0 aromatic carbocycles. The molecular weight excluding hydrogens is 280 g/mol. The minimum Gasteiger partial charge on any atom is -0.475 e. The van der Waals surface area contributed by atoms with Crippen molar-refractivity contribution < 1.29 is 28.6 Å². The topological polar surface area (TPSA) is 118 Å². The first kappa shape index (κ1) is 16.5. The first-order valence-corrected chi connectivity index (χ1v) is 6.27. The second-order valence-electron chi connectivity index (χ2n) is 5.20. The van der Waals surface area contributed by atoms with Crippen molar-refractivity contribution in [3.63, 3.8) is 0 Å². The van der Waals surface area contributed by atoms with Gasteiger partial charge in [0.2, 0.25) is 17.6 Å². The summed E-state index contributed by atoms with van der Waals surface area (Å²) in [7, 11) is 0. The van der Waals surface area contributed by atoms with Gasteiger partial charge in [0.15, 0.2) is 0 Å². The van der Waals surface area contributed by atoms with Crippen molar-refractivity contribution in [3.8, 4) is 0 Å². The van der Waals surface area contributed by atoms with Gasteiger partial charge in [-0.25, -0.2) is 9.59 Å². The number of hydrogen-bond donors (Lipinski definition) is 3. The van der Waals surface area contributed by atoms with Crippen LogP contribution in [0.4, 0.5) is 10.7 Å². The first-order valence-electron chi connectivity index (χ1n) is 6.27. The van der Waals surface area contributed by atoms with Gasteiger partial charge in [-0.15, -0.1) is 0 Å². The van der Waals surface area contributed by atoms with E-state index < -0.39 is 23.6 Å². The van der Waals surface area contributed by atoms with Gasteiger partial charge in [-0.1, -0.05) is 0 Å². The fraction of sp³-hybridized carbons (Fsp3) is 0.462. The molecule has 21 heavy (non-hydrogen) atoms. The van der Waals surface area contributed by atoms with E-state index >= 15 is 0 Å². The van der Waals surface area contributed by atoms with Crippen LogP contribution in [-0.4, -0.2) is 35.2 Å². The monoisotopic (exact) mass is 298 g/mol. The standard InChI is InChI=1S/C13H18N2O6/c1-13(2,3)21-12(19)14-7-6-9(16)15-10-5-4-8(20-10)11(17)18/h4-5H,6-7H2,1-3H3,(H,14,19)(H,15,16)(H,17,18). The fourth-order valence-corrected chi connectivity index (χ4v) is 1.31. The summed E-state index contributed by atoms with van der Waals surface area (Å²) in [5.74, 6) is -1.87. The number of carbonyl (C=O) groups excluding carboxylic acids is 2. The predicted octanol–water partition coefficient (Wildman–Crippen LogP) is 1.83. The number of nitrogens with one attached hydrogen (secondary N) is 2. The molecule has 0 saturated heterocycles. The maximum Gasteiger partial charge on any atom is 0.407 e. The summed E-state index contributed by atoms with van der Waals surface area (Å²) in [6, 6.07) is 2.57. The van der Waals surface area contributed by atoms with E-state index in [4.69, 9.17) is 14.3 Å². The van der Waals surface area contributed by atoms with E-state index in [0.717, 1.165) is 0 Å². The number of alkyl carbamates (subject to hydrolysis) is 1. The molecule has 0 radical (unpaired) electrons. The Labute approximate surface area is 121 Å². The Morgan fingerprint density at radius 3 is 2.48 bits per heavy atom. The van der Waals surface area contributed by atoms with Crippen LogP contribution in [0, 0.1) is 0 Å². The normalized spacial score (nSPS) is 10.8. The lowest BCUT2D eigenvalue weighted by molar-refractivity contribution is -0.116. The highest BCUT2D eigenvalue weighted by molar-refractivity contribution is 5.91. The lowest BCUT2D eigenvalue weighted by atomic mass is 10.2. The molecule has 116 valence electrons. The van der Waals surface area contributed by atoms with Crippen molar-refractivity contribution in [2.75, 3.05) is 11.9 Å². The molecule has 8 heteroatoms. The number of ether oxygens (including phenoxy) is 1. The molecule has 1 aromatic rings. The molecule has 8 nitrogen and oxygen atoms in total. The molecule has 0 unspecified atom stereocenters. The molecule has 1 rings (SSSR count). The van der Waals surface area contributed by atoms with Crippen LogP contribution in [0.1, 0.15) is 37.7 Å². The van der Waals surface area contributed by atoms with Crippen LogP contribution in [0.25, 0.3) is 0 Å². The highest BCUT2D eigenvalue weighted by Gasteiger charge is 2.16. The molecular formula is C13H18N2O6. The third kappa shape index (κ3) is 6.46. The Morgan fingerprint density at radius 1 is 1.29 bits per heavy atom. The molecule has 0 aliphatic carbocycles. The van der Waals surface area contributed by atoms with Crippen molar-refractivity contribution in [2.24, 2.45) is 0 Å². The van der Waals surface area contributed by atoms with Crippen LogP contribution < -0.4 is 10.6 Å². The number of amides is 2. The average Bonchev–Trinajstić information content (AvgIpc) is 2.74. The Balaban J connectivity index is 2.31. The van der Waals surface area contributed by atoms with E-state index in [0.29, 0.717) is 0 Å². The van der Waals surface area contributed by atoms with Gasteiger partial charge in [-0.3, -0.25) is 10.1 Å². The van der Waals surface area contributed by atoms with Crippen LogP contribution in [0.2, 0.25) is 0 Å². The van der Waals surface area contributed by atoms with E-state index in [1.54, 1.807) is 20.8 Å². The van der Waals surface area contributed by atoms with Crippen molar-refractivity contribution in [1.82, 2.24) is 5.32 Å². The Morgan fingerprint density at radius 2 is 1.95 bits per heavy atom. The lowest BCUT2D eigenvalue weighted by Crippen LogP contribution is -2.34. The minimum atomic E-state index is -1.22. The smallest absolute Gasteiger partial charge is 0.407 e. The molecule has 0 bridgehead atoms. The molecule has 0 atom stereocenters. The van der Waals surface area contributed by atoms with Crippen LogP contribution >= 0.6 is 0 Å². The molecule has 1 aromatic heterocycles. The summed E-state index contributed by atoms with van der Waals surface area (Å²) in [6.45, 7) is 5.29. The Bertz CT molecular complexity index is 529. The highest BCUT2D eigenvalue weighted by atomic mass is 16.6. The van der Waals surface area contributed by atoms with Gasteiger partial charge in [0.1, 0.15) is 5.60 Å². The maximum atomic E-state index is 11.5. The number of rotatable bonds is 5. The molecule has 0 aliphatic rings. The quantitative estimate of drug-likeness (QED) is 0.763. The SMILES string of the molecule is CC(C)(C)OC(=O)NCCC(=O)Nc1ccc(C(=O)O)o1. The fourth-order valence-electron chi connectivity index (χ4n) is 1.31. The minimum absolute atomic E-state index is 0.00233. The van der Waals surface area contributed by atoms with Crippen LogP contribution in [-0.2, 0) is 9.53 Å². The lowest BCUT2D eigenvalue weighted by Gasteiger charge is -2.19. The number of carboxylic acids is 1.